The molecule has 0 radical (unpaired) electrons. The van der Waals surface area contributed by atoms with Crippen LogP contribution in [0, 0.1) is 17.5 Å². The summed E-state index contributed by atoms with van der Waals surface area (Å²) in [5.74, 6) is -5.56. The Balaban J connectivity index is 2.84. The Kier molecular flexibility index (Phi) is 3.08. The molecule has 18 heavy (non-hydrogen) atoms. The van der Waals surface area contributed by atoms with Crippen molar-refractivity contribution in [1.82, 2.24) is 10.2 Å². The van der Waals surface area contributed by atoms with Crippen molar-refractivity contribution in [3.8, 4) is 0 Å². The Hall–Kier alpha value is -1.89. The average molecular weight is 277 g/mol. The fourth-order valence-electron chi connectivity index (χ4n) is 1.35. The quantitative estimate of drug-likeness (QED) is 0.593. The van der Waals surface area contributed by atoms with E-state index in [0.29, 0.717) is 6.07 Å². The van der Waals surface area contributed by atoms with Crippen molar-refractivity contribution in [2.24, 2.45) is 0 Å². The third-order valence-corrected chi connectivity index (χ3v) is 2.59. The van der Waals surface area contributed by atoms with Gasteiger partial charge in [0.1, 0.15) is 5.52 Å². The van der Waals surface area contributed by atoms with Crippen LogP contribution in [0.4, 0.5) is 13.2 Å². The number of hydrogen-bond acceptors (Lipinski definition) is 4. The number of benzene rings is 1. The van der Waals surface area contributed by atoms with Gasteiger partial charge in [0.2, 0.25) is 0 Å². The van der Waals surface area contributed by atoms with E-state index in [1.807, 2.05) is 0 Å². The Morgan fingerprint density at radius 2 is 1.94 bits per heavy atom. The second-order valence-electron chi connectivity index (χ2n) is 3.24. The molecule has 2 rings (SSSR count). The summed E-state index contributed by atoms with van der Waals surface area (Å²) in [6.07, 6.45) is 0. The van der Waals surface area contributed by atoms with Crippen LogP contribution in [-0.4, -0.2) is 23.3 Å². The number of carbonyl (C=O) groups excluding carboxylic acids is 1. The molecule has 94 valence electrons. The number of halogens is 4. The van der Waals surface area contributed by atoms with Crippen LogP contribution in [0.15, 0.2) is 6.07 Å². The predicted octanol–water partition coefficient (Wildman–Crippen LogP) is 2.49. The van der Waals surface area contributed by atoms with Crippen LogP contribution in [0.1, 0.15) is 10.5 Å². The maximum atomic E-state index is 13.4. The Labute approximate surface area is 103 Å². The summed E-state index contributed by atoms with van der Waals surface area (Å²) in [6.45, 7) is 0. The highest BCUT2D eigenvalue weighted by molar-refractivity contribution is 6.37. The van der Waals surface area contributed by atoms with E-state index in [0.717, 1.165) is 7.11 Å². The Morgan fingerprint density at radius 3 is 2.56 bits per heavy atom. The predicted molar refractivity (Wildman–Crippen MR) is 55.8 cm³/mol. The molecular weight excluding hydrogens is 273 g/mol. The highest BCUT2D eigenvalue weighted by Crippen LogP contribution is 2.28. The second kappa shape index (κ2) is 4.41. The smallest absolute Gasteiger partial charge is 0.360 e. The number of rotatable bonds is 1. The first-order valence-electron chi connectivity index (χ1n) is 4.55. The summed E-state index contributed by atoms with van der Waals surface area (Å²) in [6, 6.07) is 0.636. The summed E-state index contributed by atoms with van der Waals surface area (Å²) in [5, 5.41) is 6.00. The van der Waals surface area contributed by atoms with Gasteiger partial charge in [-0.15, -0.1) is 10.2 Å². The minimum Gasteiger partial charge on any atom is -0.464 e. The lowest BCUT2D eigenvalue weighted by Crippen LogP contribution is -2.08. The van der Waals surface area contributed by atoms with E-state index < -0.39 is 34.6 Å². The summed E-state index contributed by atoms with van der Waals surface area (Å²) in [7, 11) is 1.08. The fourth-order valence-corrected chi connectivity index (χ4v) is 1.61. The summed E-state index contributed by atoms with van der Waals surface area (Å²) >= 11 is 5.75. The SMILES string of the molecule is COC(=O)c1nnc2c(F)c(F)c(F)cc2c1Cl. The molecule has 0 atom stereocenters. The highest BCUT2D eigenvalue weighted by atomic mass is 35.5. The molecule has 0 spiro atoms. The Bertz CT molecular complexity index is 663. The minimum atomic E-state index is -1.68. The van der Waals surface area contributed by atoms with Gasteiger partial charge in [-0.25, -0.2) is 18.0 Å². The van der Waals surface area contributed by atoms with E-state index in [9.17, 15) is 18.0 Å². The molecule has 0 bridgehead atoms. The van der Waals surface area contributed by atoms with E-state index in [4.69, 9.17) is 11.6 Å². The van der Waals surface area contributed by atoms with E-state index >= 15 is 0 Å². The molecule has 0 saturated carbocycles. The molecule has 0 aliphatic carbocycles. The third-order valence-electron chi connectivity index (χ3n) is 2.21. The molecule has 1 aromatic carbocycles. The van der Waals surface area contributed by atoms with Gasteiger partial charge >= 0.3 is 5.97 Å². The minimum absolute atomic E-state index is 0.261. The summed E-state index contributed by atoms with van der Waals surface area (Å²) in [5.41, 5.74) is -0.969. The number of carbonyl (C=O) groups is 1. The number of ether oxygens (including phenoxy) is 1. The van der Waals surface area contributed by atoms with Gasteiger partial charge in [-0.2, -0.15) is 0 Å². The van der Waals surface area contributed by atoms with Crippen molar-refractivity contribution in [2.75, 3.05) is 7.11 Å². The molecule has 0 unspecified atom stereocenters. The van der Waals surface area contributed by atoms with Crippen LogP contribution in [0.2, 0.25) is 5.02 Å². The van der Waals surface area contributed by atoms with Crippen molar-refractivity contribution in [2.45, 2.75) is 0 Å². The maximum Gasteiger partial charge on any atom is 0.360 e. The molecule has 0 fully saturated rings. The van der Waals surface area contributed by atoms with Crippen LogP contribution in [0.3, 0.4) is 0 Å². The van der Waals surface area contributed by atoms with E-state index in [1.54, 1.807) is 0 Å². The number of methoxy groups -OCH3 is 1. The molecule has 0 aliphatic heterocycles. The maximum absolute atomic E-state index is 13.4. The lowest BCUT2D eigenvalue weighted by Gasteiger charge is -2.05. The van der Waals surface area contributed by atoms with Gasteiger partial charge in [0.25, 0.3) is 0 Å². The highest BCUT2D eigenvalue weighted by Gasteiger charge is 2.22. The summed E-state index contributed by atoms with van der Waals surface area (Å²) < 4.78 is 43.8. The first-order chi connectivity index (χ1) is 8.47. The number of hydrogen-bond donors (Lipinski definition) is 0. The zero-order chi connectivity index (χ0) is 13.4. The zero-order valence-corrected chi connectivity index (χ0v) is 9.56. The molecule has 0 N–H and O–H groups in total. The van der Waals surface area contributed by atoms with Gasteiger partial charge in [0, 0.05) is 5.39 Å². The Morgan fingerprint density at radius 1 is 1.28 bits per heavy atom. The first-order valence-corrected chi connectivity index (χ1v) is 4.92. The molecule has 0 amide bonds. The first kappa shape index (κ1) is 12.6. The standard InChI is InChI=1S/C10H4ClF3N2O2/c1-18-10(17)9-5(11)3-2-4(12)6(13)7(14)8(3)15-16-9/h2H,1H3. The van der Waals surface area contributed by atoms with E-state index in [1.165, 1.54) is 0 Å². The average Bonchev–Trinajstić information content (AvgIpc) is 2.36. The molecule has 1 aromatic heterocycles. The van der Waals surface area contributed by atoms with Crippen LogP contribution in [-0.2, 0) is 4.74 Å². The molecular formula is C10H4ClF3N2O2. The lowest BCUT2D eigenvalue weighted by molar-refractivity contribution is 0.0593. The summed E-state index contributed by atoms with van der Waals surface area (Å²) in [4.78, 5) is 11.2. The number of aromatic nitrogens is 2. The van der Waals surface area contributed by atoms with Crippen LogP contribution >= 0.6 is 11.6 Å². The molecule has 4 nitrogen and oxygen atoms in total. The van der Waals surface area contributed by atoms with Crippen LogP contribution in [0.5, 0.6) is 0 Å². The molecule has 8 heteroatoms. The largest absolute Gasteiger partial charge is 0.464 e. The molecule has 0 aliphatic rings. The van der Waals surface area contributed by atoms with Gasteiger partial charge in [-0.1, -0.05) is 11.6 Å². The van der Waals surface area contributed by atoms with Crippen molar-refractivity contribution in [3.63, 3.8) is 0 Å². The molecule has 2 aromatic rings. The van der Waals surface area contributed by atoms with Crippen molar-refractivity contribution >= 4 is 28.5 Å². The van der Waals surface area contributed by atoms with E-state index in [-0.39, 0.29) is 10.4 Å². The van der Waals surface area contributed by atoms with Gasteiger partial charge in [0.15, 0.2) is 23.1 Å². The third kappa shape index (κ3) is 1.76. The topological polar surface area (TPSA) is 52.1 Å². The lowest BCUT2D eigenvalue weighted by atomic mass is 10.2. The van der Waals surface area contributed by atoms with Crippen molar-refractivity contribution in [1.29, 1.82) is 0 Å². The number of fused-ring (bicyclic) bond motifs is 1. The van der Waals surface area contributed by atoms with Gasteiger partial charge in [0.05, 0.1) is 12.1 Å². The van der Waals surface area contributed by atoms with Gasteiger partial charge in [-0.3, -0.25) is 0 Å². The van der Waals surface area contributed by atoms with Crippen molar-refractivity contribution in [3.05, 3.63) is 34.2 Å². The monoisotopic (exact) mass is 276 g/mol. The van der Waals surface area contributed by atoms with E-state index in [2.05, 4.69) is 14.9 Å². The number of nitrogens with zero attached hydrogens (tertiary/aromatic N) is 2. The van der Waals surface area contributed by atoms with Crippen LogP contribution < -0.4 is 0 Å². The van der Waals surface area contributed by atoms with Crippen molar-refractivity contribution < 1.29 is 22.7 Å². The second-order valence-corrected chi connectivity index (χ2v) is 3.61. The zero-order valence-electron chi connectivity index (χ0n) is 8.80. The number of esters is 1. The fraction of sp³-hybridized carbons (Fsp3) is 0.100. The molecule has 0 saturated heterocycles. The van der Waals surface area contributed by atoms with Gasteiger partial charge < -0.3 is 4.74 Å². The van der Waals surface area contributed by atoms with Crippen LogP contribution in [0.25, 0.3) is 10.9 Å². The molecule has 1 heterocycles. The van der Waals surface area contributed by atoms with Gasteiger partial charge in [-0.05, 0) is 6.07 Å². The normalized spacial score (nSPS) is 10.7.